The van der Waals surface area contributed by atoms with Crippen LogP contribution in [-0.2, 0) is 39.0 Å². The minimum absolute atomic E-state index is 0. The summed E-state index contributed by atoms with van der Waals surface area (Å²) >= 11 is 3.75. The molecule has 51 heavy (non-hydrogen) atoms. The fraction of sp³-hybridized carbons (Fsp3) is 0.217. The van der Waals surface area contributed by atoms with Crippen molar-refractivity contribution in [3.8, 4) is 22.3 Å². The van der Waals surface area contributed by atoms with Gasteiger partial charge in [-0.2, -0.15) is 11.1 Å². The normalized spacial score (nSPS) is 14.7. The molecule has 5 heteroatoms. The van der Waals surface area contributed by atoms with Gasteiger partial charge in [0.05, 0.1) is 0 Å². The predicted molar refractivity (Wildman–Crippen MR) is 209 cm³/mol. The van der Waals surface area contributed by atoms with Crippen molar-refractivity contribution in [3.63, 3.8) is 0 Å². The van der Waals surface area contributed by atoms with E-state index >= 15 is 0 Å². The number of halogens is 2. The zero-order valence-corrected chi connectivity index (χ0v) is 35.2. The van der Waals surface area contributed by atoms with Crippen LogP contribution in [0.5, 0.6) is 0 Å². The van der Waals surface area contributed by atoms with Crippen LogP contribution in [0.4, 0.5) is 0 Å². The van der Waals surface area contributed by atoms with Crippen LogP contribution < -0.4 is 24.8 Å². The van der Waals surface area contributed by atoms with Gasteiger partial charge in [0, 0.05) is 9.75 Å². The predicted octanol–water partition coefficient (Wildman–Crippen LogP) is 7.28. The van der Waals surface area contributed by atoms with Crippen LogP contribution in [0.3, 0.4) is 0 Å². The minimum Gasteiger partial charge on any atom is -1.00 e. The summed E-state index contributed by atoms with van der Waals surface area (Å²) in [6, 6.07) is 40.3. The number of hydrogen-bond donors (Lipinski definition) is 0. The van der Waals surface area contributed by atoms with E-state index in [-0.39, 0.29) is 62.9 Å². The van der Waals surface area contributed by atoms with E-state index in [2.05, 4.69) is 161 Å². The van der Waals surface area contributed by atoms with E-state index < -0.39 is 0 Å². The fourth-order valence-electron chi connectivity index (χ4n) is 6.98. The van der Waals surface area contributed by atoms with Crippen molar-refractivity contribution in [1.82, 2.24) is 0 Å². The Morgan fingerprint density at radius 2 is 0.902 bits per heavy atom. The molecule has 0 fully saturated rings. The Morgan fingerprint density at radius 1 is 0.510 bits per heavy atom. The van der Waals surface area contributed by atoms with Gasteiger partial charge >= 0.3 is 26.2 Å². The first-order chi connectivity index (χ1) is 23.5. The monoisotopic (exact) mass is 818 g/mol. The molecule has 0 spiro atoms. The topological polar surface area (TPSA) is 0 Å². The number of hydrogen-bond acceptors (Lipinski definition) is 2. The second kappa shape index (κ2) is 18.8. The summed E-state index contributed by atoms with van der Waals surface area (Å²) < 4.78 is 0. The summed E-state index contributed by atoms with van der Waals surface area (Å²) in [7, 11) is 0. The molecule has 6 aromatic rings. The number of rotatable bonds is 8. The number of thiophene rings is 2. The van der Waals surface area contributed by atoms with Crippen LogP contribution >= 0.6 is 22.7 Å². The molecular weight excluding hydrogens is 779 g/mol. The third-order valence-electron chi connectivity index (χ3n) is 9.39. The molecule has 2 atom stereocenters. The van der Waals surface area contributed by atoms with Gasteiger partial charge < -0.3 is 24.8 Å². The molecule has 0 radical (unpaired) electrons. The number of benzene rings is 4. The molecule has 2 heterocycles. The summed E-state index contributed by atoms with van der Waals surface area (Å²) in [5.41, 5.74) is 13.5. The summed E-state index contributed by atoms with van der Waals surface area (Å²) in [4.78, 5) is 5.50. The molecule has 0 saturated carbocycles. The Morgan fingerprint density at radius 3 is 1.24 bits per heavy atom. The fourth-order valence-corrected chi connectivity index (χ4v) is 8.89. The van der Waals surface area contributed by atoms with Crippen molar-refractivity contribution >= 4 is 34.8 Å². The van der Waals surface area contributed by atoms with Crippen LogP contribution in [0, 0.1) is 26.0 Å². The molecule has 8 rings (SSSR count). The van der Waals surface area contributed by atoms with E-state index in [0.717, 1.165) is 12.8 Å². The van der Waals surface area contributed by atoms with Gasteiger partial charge in [0.2, 0.25) is 0 Å². The second-order valence-corrected chi connectivity index (χ2v) is 15.5. The Labute approximate surface area is 344 Å². The van der Waals surface area contributed by atoms with Gasteiger partial charge in [0.25, 0.3) is 0 Å². The molecule has 0 N–H and O–H groups in total. The molecular formula is C46H42Cl2S2Zr. The van der Waals surface area contributed by atoms with Crippen LogP contribution in [0.15, 0.2) is 109 Å². The van der Waals surface area contributed by atoms with Crippen LogP contribution in [0.25, 0.3) is 34.4 Å². The summed E-state index contributed by atoms with van der Waals surface area (Å²) in [5, 5.41) is 0. The van der Waals surface area contributed by atoms with Gasteiger partial charge in [-0.05, 0) is 83.0 Å². The van der Waals surface area contributed by atoms with Crippen molar-refractivity contribution in [1.29, 1.82) is 0 Å². The summed E-state index contributed by atoms with van der Waals surface area (Å²) in [5.74, 6) is 0.580. The third-order valence-corrected chi connectivity index (χ3v) is 11.5. The summed E-state index contributed by atoms with van der Waals surface area (Å²) in [6.07, 6.45) is 16.2. The molecule has 0 saturated heterocycles. The van der Waals surface area contributed by atoms with Crippen molar-refractivity contribution < 1.29 is 51.0 Å². The van der Waals surface area contributed by atoms with Crippen LogP contribution in [0.1, 0.15) is 91.4 Å². The molecule has 0 aliphatic heterocycles. The molecule has 4 aromatic carbocycles. The number of aryl methyl sites for hydroxylation is 4. The molecule has 0 bridgehead atoms. The van der Waals surface area contributed by atoms with Gasteiger partial charge in [-0.1, -0.05) is 135 Å². The van der Waals surface area contributed by atoms with E-state index in [4.69, 9.17) is 0 Å². The maximum absolute atomic E-state index is 3.58. The zero-order valence-electron chi connectivity index (χ0n) is 29.6. The van der Waals surface area contributed by atoms with Crippen molar-refractivity contribution in [2.75, 3.05) is 0 Å². The van der Waals surface area contributed by atoms with E-state index in [9.17, 15) is 0 Å². The molecule has 0 amide bonds. The van der Waals surface area contributed by atoms with E-state index in [1.165, 1.54) is 88.0 Å². The van der Waals surface area contributed by atoms with Crippen LogP contribution in [0.2, 0.25) is 0 Å². The van der Waals surface area contributed by atoms with Gasteiger partial charge in [-0.3, -0.25) is 12.2 Å². The Balaban J connectivity index is 0.000000216. The van der Waals surface area contributed by atoms with Gasteiger partial charge in [-0.15, -0.1) is 33.8 Å². The quantitative estimate of drug-likeness (QED) is 0.142. The molecule has 2 unspecified atom stereocenters. The third kappa shape index (κ3) is 9.06. The molecule has 256 valence electrons. The van der Waals surface area contributed by atoms with E-state index in [1.807, 2.05) is 22.7 Å². The maximum atomic E-state index is 3.58. The Kier molecular flexibility index (Phi) is 15.1. The van der Waals surface area contributed by atoms with E-state index in [0.29, 0.717) is 0 Å². The first kappa shape index (κ1) is 41.0. The average molecular weight is 821 g/mol. The van der Waals surface area contributed by atoms with Gasteiger partial charge in [0.1, 0.15) is 0 Å². The molecule has 2 aliphatic rings. The molecule has 0 nitrogen and oxygen atoms in total. The molecule has 2 aliphatic carbocycles. The van der Waals surface area contributed by atoms with Gasteiger partial charge in [-0.25, -0.2) is 12.2 Å². The molecule has 2 aromatic heterocycles. The van der Waals surface area contributed by atoms with Crippen molar-refractivity contribution in [2.24, 2.45) is 0 Å². The Bertz CT molecular complexity index is 1930. The van der Waals surface area contributed by atoms with Crippen LogP contribution in [-0.4, -0.2) is 0 Å². The average Bonchev–Trinajstić information content (AvgIpc) is 3.92. The largest absolute Gasteiger partial charge is 4.00 e. The minimum atomic E-state index is 0. The van der Waals surface area contributed by atoms with Crippen molar-refractivity contribution in [2.45, 2.75) is 65.2 Å². The first-order valence-corrected chi connectivity index (χ1v) is 18.9. The Hall–Kier alpha value is -2.78. The van der Waals surface area contributed by atoms with Crippen molar-refractivity contribution in [3.05, 3.63) is 174 Å². The summed E-state index contributed by atoms with van der Waals surface area (Å²) in [6.45, 7) is 8.79. The maximum Gasteiger partial charge on any atom is 4.00 e. The number of allylic oxidation sites excluding steroid dienone is 2. The zero-order chi connectivity index (χ0) is 33.0. The standard InChI is InChI=1S/2C23H21S.2ClH.Zr/c2*1-3-5-17-9-11-18(12-10-17)19-6-4-7-20-21(19)13-14-22(20)23-15-8-16(2)24-23;;;/h2*4,6-13,15,22H,3,5H2,1-2H3;2*1H;/q2*-1;;;+4/p-2. The van der Waals surface area contributed by atoms with E-state index in [1.54, 1.807) is 0 Å². The number of fused-ring (bicyclic) bond motifs is 2. The van der Waals surface area contributed by atoms with Gasteiger partial charge in [0.15, 0.2) is 0 Å². The first-order valence-electron chi connectivity index (χ1n) is 17.3. The SMILES string of the molecule is CCCc1ccc(-c2cccc3c2C=[C-]C3c2ccc(C)s2)cc1.CCCc1ccc(-c2cccc3c2C=[C-]C3c2ccc(C)s2)cc1.[Cl-].[Cl-].[Zr+4]. The smallest absolute Gasteiger partial charge is 1.00 e. The second-order valence-electron chi connectivity index (χ2n) is 12.9.